The van der Waals surface area contributed by atoms with Crippen LogP contribution in [-0.2, 0) is 21.8 Å². The van der Waals surface area contributed by atoms with Crippen LogP contribution in [-0.4, -0.2) is 77.0 Å². The third-order valence-electron chi connectivity index (χ3n) is 8.66. The predicted octanol–water partition coefficient (Wildman–Crippen LogP) is 5.38. The number of ether oxygens (including phenoxy) is 1. The van der Waals surface area contributed by atoms with Crippen molar-refractivity contribution in [3.8, 4) is 6.01 Å². The Kier molecular flexibility index (Phi) is 8.55. The third-order valence-corrected chi connectivity index (χ3v) is 11.4. The molecule has 3 aliphatic rings. The van der Waals surface area contributed by atoms with Crippen molar-refractivity contribution in [3.63, 3.8) is 0 Å². The molecule has 3 aromatic rings. The fourth-order valence-electron chi connectivity index (χ4n) is 5.79. The van der Waals surface area contributed by atoms with Crippen LogP contribution in [0.1, 0.15) is 65.8 Å². The normalized spacial score (nSPS) is 18.8. The number of benzene rings is 2. The van der Waals surface area contributed by atoms with Crippen LogP contribution in [0.3, 0.4) is 0 Å². The van der Waals surface area contributed by atoms with E-state index in [0.29, 0.717) is 30.0 Å². The molecule has 0 atom stereocenters. The van der Waals surface area contributed by atoms with E-state index in [-0.39, 0.29) is 23.8 Å². The largest absolute Gasteiger partial charge is 0.454 e. The molecule has 2 aromatic carbocycles. The number of anilines is 1. The number of carbonyl (C=O) groups is 1. The monoisotopic (exact) mass is 663 g/mol. The quantitative estimate of drug-likeness (QED) is 0.241. The van der Waals surface area contributed by atoms with E-state index in [0.717, 1.165) is 44.3 Å². The Morgan fingerprint density at radius 1 is 0.956 bits per heavy atom. The molecule has 0 spiro atoms. The lowest BCUT2D eigenvalue weighted by Crippen LogP contribution is -2.40. The predicted molar refractivity (Wildman–Crippen MR) is 162 cm³/mol. The number of sulfone groups is 1. The zero-order valence-corrected chi connectivity index (χ0v) is 26.0. The number of ketones is 1. The summed E-state index contributed by atoms with van der Waals surface area (Å²) < 4.78 is 69.2. The molecule has 1 N–H and O–H groups in total. The van der Waals surface area contributed by atoms with E-state index < -0.39 is 50.5 Å². The number of Topliss-reactive ketones (excluding diaryl/α,β-unsaturated/α-hetero) is 1. The summed E-state index contributed by atoms with van der Waals surface area (Å²) in [6.07, 6.45) is 0.347. The molecule has 45 heavy (non-hydrogen) atoms. The van der Waals surface area contributed by atoms with Crippen LogP contribution in [0.4, 0.5) is 19.1 Å². The zero-order chi connectivity index (χ0) is 31.9. The second-order valence-electron chi connectivity index (χ2n) is 12.2. The molecule has 1 aliphatic heterocycles. The average molecular weight is 664 g/mol. The van der Waals surface area contributed by atoms with Crippen LogP contribution in [0, 0.1) is 0 Å². The highest BCUT2D eigenvalue weighted by molar-refractivity contribution is 7.93. The molecule has 1 saturated heterocycles. The van der Waals surface area contributed by atoms with Gasteiger partial charge >= 0.3 is 12.2 Å². The summed E-state index contributed by atoms with van der Waals surface area (Å²) in [6, 6.07) is 13.2. The molecule has 3 fully saturated rings. The molecule has 0 unspecified atom stereocenters. The van der Waals surface area contributed by atoms with Crippen molar-refractivity contribution in [1.29, 1.82) is 0 Å². The van der Waals surface area contributed by atoms with Crippen molar-refractivity contribution < 1.29 is 31.1 Å². The maximum absolute atomic E-state index is 13.2. The minimum atomic E-state index is -4.58. The average Bonchev–Trinajstić information content (AvgIpc) is 3.89. The smallest absolute Gasteiger partial charge is 0.422 e. The molecule has 2 heterocycles. The van der Waals surface area contributed by atoms with Gasteiger partial charge in [-0.25, -0.2) is 8.42 Å². The Labute approximate surface area is 264 Å². The first-order valence-corrected chi connectivity index (χ1v) is 16.9. The van der Waals surface area contributed by atoms with Crippen molar-refractivity contribution >= 4 is 33.2 Å². The summed E-state index contributed by atoms with van der Waals surface area (Å²) in [7, 11) is -3.63. The second kappa shape index (κ2) is 12.1. The Hall–Kier alpha value is -3.29. The molecule has 2 saturated carbocycles. The molecular formula is C31H33ClF3N5O4S. The van der Waals surface area contributed by atoms with E-state index in [9.17, 15) is 26.4 Å². The highest BCUT2D eigenvalue weighted by Crippen LogP contribution is 2.48. The molecule has 0 amide bonds. The van der Waals surface area contributed by atoms with Crippen LogP contribution >= 0.6 is 11.6 Å². The van der Waals surface area contributed by atoms with Gasteiger partial charge < -0.3 is 15.0 Å². The van der Waals surface area contributed by atoms with Gasteiger partial charge in [0.2, 0.25) is 5.95 Å². The number of carbonyl (C=O) groups excluding carboxylic acids is 1. The van der Waals surface area contributed by atoms with Crippen molar-refractivity contribution in [3.05, 3.63) is 76.1 Å². The van der Waals surface area contributed by atoms with E-state index >= 15 is 0 Å². The molecule has 9 nitrogen and oxygen atoms in total. The number of aromatic nitrogens is 3. The Morgan fingerprint density at radius 3 is 2.22 bits per heavy atom. The van der Waals surface area contributed by atoms with Gasteiger partial charge in [0, 0.05) is 23.6 Å². The van der Waals surface area contributed by atoms with Gasteiger partial charge in [0.1, 0.15) is 11.6 Å². The number of likely N-dealkylation sites (tertiary alicyclic amines) is 1. The summed E-state index contributed by atoms with van der Waals surface area (Å²) in [5.41, 5.74) is 1.39. The summed E-state index contributed by atoms with van der Waals surface area (Å²) in [4.78, 5) is 27.8. The number of nitrogens with zero attached hydrogens (tertiary/aromatic N) is 4. The number of hydrogen-bond acceptors (Lipinski definition) is 9. The van der Waals surface area contributed by atoms with Gasteiger partial charge in [-0.15, -0.1) is 0 Å². The maximum Gasteiger partial charge on any atom is 0.422 e. The lowest BCUT2D eigenvalue weighted by Gasteiger charge is -2.22. The SMILES string of the molecule is O=C(CS(=O)(=O)C1(CN2CCCC2)CC1)c1ccc(Cc2nc(NC3(c4ccc(Cl)cc4)CC3)nc(OCC(F)(F)F)n2)cc1. The highest BCUT2D eigenvalue weighted by atomic mass is 35.5. The number of rotatable bonds is 13. The summed E-state index contributed by atoms with van der Waals surface area (Å²) in [6.45, 7) is 0.715. The molecule has 0 radical (unpaired) electrons. The van der Waals surface area contributed by atoms with E-state index in [1.165, 1.54) is 0 Å². The molecule has 0 bridgehead atoms. The maximum atomic E-state index is 13.2. The van der Waals surface area contributed by atoms with E-state index in [4.69, 9.17) is 16.3 Å². The summed E-state index contributed by atoms with van der Waals surface area (Å²) >= 11 is 6.03. The van der Waals surface area contributed by atoms with E-state index in [1.807, 2.05) is 12.1 Å². The lowest BCUT2D eigenvalue weighted by atomic mass is 10.1. The molecule has 240 valence electrons. The lowest BCUT2D eigenvalue weighted by molar-refractivity contribution is -0.154. The van der Waals surface area contributed by atoms with Crippen molar-refractivity contribution in [2.24, 2.45) is 0 Å². The molecular weight excluding hydrogens is 631 g/mol. The van der Waals surface area contributed by atoms with Crippen molar-refractivity contribution in [2.75, 3.05) is 37.3 Å². The Balaban J connectivity index is 1.15. The fraction of sp³-hybridized carbons (Fsp3) is 0.484. The zero-order valence-electron chi connectivity index (χ0n) is 24.4. The van der Waals surface area contributed by atoms with Crippen LogP contribution in [0.2, 0.25) is 5.02 Å². The highest BCUT2D eigenvalue weighted by Gasteiger charge is 2.55. The van der Waals surface area contributed by atoms with Crippen LogP contribution in [0.15, 0.2) is 48.5 Å². The van der Waals surface area contributed by atoms with Crippen LogP contribution in [0.5, 0.6) is 6.01 Å². The number of alkyl halides is 3. The third kappa shape index (κ3) is 7.58. The molecule has 1 aromatic heterocycles. The van der Waals surface area contributed by atoms with Crippen molar-refractivity contribution in [2.45, 2.75) is 61.4 Å². The van der Waals surface area contributed by atoms with Crippen LogP contribution < -0.4 is 10.1 Å². The number of nitrogens with one attached hydrogen (secondary N) is 1. The first-order chi connectivity index (χ1) is 21.3. The van der Waals surface area contributed by atoms with E-state index in [1.54, 1.807) is 36.4 Å². The van der Waals surface area contributed by atoms with Gasteiger partial charge in [0.05, 0.1) is 10.3 Å². The minimum absolute atomic E-state index is 0.0737. The second-order valence-corrected chi connectivity index (χ2v) is 15.0. The van der Waals surface area contributed by atoms with Gasteiger partial charge in [0.25, 0.3) is 0 Å². The topological polar surface area (TPSA) is 114 Å². The molecule has 14 heteroatoms. The first-order valence-electron chi connectivity index (χ1n) is 14.9. The van der Waals surface area contributed by atoms with Gasteiger partial charge in [-0.2, -0.15) is 28.1 Å². The number of halogens is 4. The van der Waals surface area contributed by atoms with Crippen LogP contribution in [0.25, 0.3) is 0 Å². The van der Waals surface area contributed by atoms with Crippen molar-refractivity contribution in [1.82, 2.24) is 19.9 Å². The standard InChI is InChI=1S/C31H33ClF3N5O4S/c32-24-9-7-23(8-10-24)30(13-14-30)39-27-36-26(37-28(38-27)44-20-31(33,34)35)17-21-3-5-22(6-4-21)25(41)18-45(42,43)29(11-12-29)19-40-15-1-2-16-40/h3-10H,1-2,11-20H2,(H,36,37,38,39). The van der Waals surface area contributed by atoms with Gasteiger partial charge in [-0.3, -0.25) is 4.79 Å². The van der Waals surface area contributed by atoms with E-state index in [2.05, 4.69) is 25.2 Å². The van der Waals surface area contributed by atoms with Gasteiger partial charge in [0.15, 0.2) is 22.2 Å². The Morgan fingerprint density at radius 2 is 1.62 bits per heavy atom. The Bertz CT molecular complexity index is 1660. The number of hydrogen-bond donors (Lipinski definition) is 1. The minimum Gasteiger partial charge on any atom is -0.454 e. The van der Waals surface area contributed by atoms with Gasteiger partial charge in [-0.05, 0) is 74.9 Å². The summed E-state index contributed by atoms with van der Waals surface area (Å²) in [5, 5.41) is 3.83. The fourth-order valence-corrected chi connectivity index (χ4v) is 7.84. The summed E-state index contributed by atoms with van der Waals surface area (Å²) in [5.74, 6) is -0.779. The first kappa shape index (κ1) is 31.7. The van der Waals surface area contributed by atoms with Gasteiger partial charge in [-0.1, -0.05) is 48.0 Å². The molecule has 2 aliphatic carbocycles. The molecule has 6 rings (SSSR count).